The smallest absolute Gasteiger partial charge is 0.128 e. The summed E-state index contributed by atoms with van der Waals surface area (Å²) in [7, 11) is 0. The van der Waals surface area contributed by atoms with Gasteiger partial charge < -0.3 is 63.8 Å². The Morgan fingerprint density at radius 3 is 0.793 bits per heavy atom. The number of hydrogen-bond donors (Lipinski definition) is 12. The Bertz CT molecular complexity index is 4630. The summed E-state index contributed by atoms with van der Waals surface area (Å²) in [6.45, 7) is 122. The standard InChI is InChI=1S/C13H20ClN.2C13H20FN.2C13H21N.C12H17Cl2N.2C12H19N.C9H21N.C8H19N.C8H17N.C7H15N/c1-9-6-7-11(12(14)8-9)10(2)15-13(3,4)5;1-9-6-7-11(8-12(9)14)10(2)15-13(3,4)5;1-9-6-7-11(12(14)8-9)10(2)15-13(3,4)5;2*1-10-6-8-12(9-7-10)11(2)14-13(3,4)5;1-8(15-12(2,3)4)9-5-6-10(13)11(14)7-9;2*1-10(13-12(2,3)4)11-8-6-5-7-9-11;1-7(2)8(3)10-9(4,5)6;2*1-6-7(2)9-8(3,4)5;1-7(2,3)8-6-4-5-6/h3*6-8,10,15H,1-5H3;2*6-9,11,14H,1-5H3;5-8,15H,1-4H3;2*5-10,13H,1-4H3;7-8,10H,1-6H3;7,9H,6H2,1-5H3;6-7,9H,1H2,2-5H3;6,8H,4-5H2,1-3H3. The lowest BCUT2D eigenvalue weighted by Crippen LogP contribution is -2.44. The predicted octanol–water partition coefficient (Wildman–Crippen LogP) is 36.9. The van der Waals surface area contributed by atoms with Crippen molar-refractivity contribution in [3.05, 3.63) is 294 Å². The zero-order valence-corrected chi connectivity index (χ0v) is 108. The zero-order chi connectivity index (χ0) is 117. The normalized spacial score (nSPS) is 14.7. The molecule has 0 radical (unpaired) electrons. The molecule has 8 aromatic carbocycles. The van der Waals surface area contributed by atoms with Gasteiger partial charge in [-0.15, -0.1) is 6.58 Å². The number of benzene rings is 8. The number of nitrogens with one attached hydrogen (secondary N) is 12. The van der Waals surface area contributed by atoms with Gasteiger partial charge in [-0.1, -0.05) is 224 Å². The van der Waals surface area contributed by atoms with Gasteiger partial charge in [0.15, 0.2) is 0 Å². The summed E-state index contributed by atoms with van der Waals surface area (Å²) >= 11 is 18.0. The van der Waals surface area contributed by atoms with Crippen molar-refractivity contribution < 1.29 is 8.78 Å². The fraction of sp³-hybridized carbons (Fsp3) is 0.624. The predicted molar refractivity (Wildman–Crippen MR) is 669 cm³/mol. The Morgan fingerprint density at radius 1 is 0.273 bits per heavy atom. The molecule has 0 aromatic heterocycles. The van der Waals surface area contributed by atoms with Gasteiger partial charge in [0.1, 0.15) is 11.6 Å². The van der Waals surface area contributed by atoms with Gasteiger partial charge in [-0.25, -0.2) is 8.78 Å². The summed E-state index contributed by atoms with van der Waals surface area (Å²) < 4.78 is 27.0. The molecule has 12 N–H and O–H groups in total. The van der Waals surface area contributed by atoms with E-state index in [1.165, 1.54) is 58.2 Å². The number of aryl methyl sites for hydroxylation is 5. The van der Waals surface area contributed by atoms with E-state index < -0.39 is 0 Å². The summed E-state index contributed by atoms with van der Waals surface area (Å²) in [5.74, 6) is 0.466. The molecule has 1 fully saturated rings. The first-order valence-corrected chi connectivity index (χ1v) is 56.8. The number of hydrogen-bond acceptors (Lipinski definition) is 12. The maximum Gasteiger partial charge on any atom is 0.128 e. The highest BCUT2D eigenvalue weighted by Crippen LogP contribution is 2.31. The Kier molecular flexibility index (Phi) is 67.4. The largest absolute Gasteiger partial charge is 0.310 e. The monoisotopic (exact) mass is 2140 g/mol. The Labute approximate surface area is 939 Å². The molecule has 1 aliphatic rings. The van der Waals surface area contributed by atoms with Gasteiger partial charge in [0, 0.05) is 150 Å². The first kappa shape index (κ1) is 148. The molecule has 0 spiro atoms. The molecule has 17 heteroatoms. The van der Waals surface area contributed by atoms with Crippen molar-refractivity contribution in [1.29, 1.82) is 0 Å². The van der Waals surface area contributed by atoms with Crippen molar-refractivity contribution >= 4 is 34.8 Å². The maximum absolute atomic E-state index is 13.6. The number of rotatable bonds is 23. The van der Waals surface area contributed by atoms with Crippen LogP contribution >= 0.6 is 34.8 Å². The quantitative estimate of drug-likeness (QED) is 0.0277. The highest BCUT2D eigenvalue weighted by atomic mass is 35.5. The molecular formula is C133H229Cl3F2N12. The van der Waals surface area contributed by atoms with E-state index in [4.69, 9.17) is 34.8 Å². The van der Waals surface area contributed by atoms with Crippen molar-refractivity contribution in [3.8, 4) is 0 Å². The maximum atomic E-state index is 13.6. The van der Waals surface area contributed by atoms with E-state index in [9.17, 15) is 8.78 Å². The topological polar surface area (TPSA) is 144 Å². The van der Waals surface area contributed by atoms with Crippen molar-refractivity contribution in [1.82, 2.24) is 63.8 Å². The molecule has 0 heterocycles. The summed E-state index contributed by atoms with van der Waals surface area (Å²) in [5.41, 5.74) is 16.9. The summed E-state index contributed by atoms with van der Waals surface area (Å²) in [4.78, 5) is 0. The van der Waals surface area contributed by atoms with Crippen molar-refractivity contribution in [2.75, 3.05) is 0 Å². The average Bonchev–Trinajstić information content (AvgIpc) is 1.48. The highest BCUT2D eigenvalue weighted by molar-refractivity contribution is 6.42. The molecule has 8 aromatic rings. The molecule has 11 unspecified atom stereocenters. The van der Waals surface area contributed by atoms with Gasteiger partial charge in [0.25, 0.3) is 0 Å². The van der Waals surface area contributed by atoms with Crippen molar-refractivity contribution in [3.63, 3.8) is 0 Å². The van der Waals surface area contributed by atoms with E-state index in [2.05, 4.69) is 540 Å². The molecule has 0 amide bonds. The lowest BCUT2D eigenvalue weighted by atomic mass is 10.0. The van der Waals surface area contributed by atoms with Gasteiger partial charge in [-0.05, 0) is 471 Å². The van der Waals surface area contributed by atoms with Crippen LogP contribution in [0.25, 0.3) is 0 Å². The Balaban J connectivity index is -0.00000158. The molecule has 0 saturated heterocycles. The summed E-state index contributed by atoms with van der Waals surface area (Å²) in [6.07, 6.45) is 5.89. The Hall–Kier alpha value is -6.25. The molecule has 11 atom stereocenters. The fourth-order valence-electron chi connectivity index (χ4n) is 15.9. The van der Waals surface area contributed by atoms with Crippen LogP contribution in [0.3, 0.4) is 0 Å². The third kappa shape index (κ3) is 82.3. The Morgan fingerprint density at radius 2 is 0.547 bits per heavy atom. The van der Waals surface area contributed by atoms with Crippen LogP contribution in [0.15, 0.2) is 195 Å². The fourth-order valence-corrected chi connectivity index (χ4v) is 16.7. The van der Waals surface area contributed by atoms with Crippen LogP contribution in [0.4, 0.5) is 8.78 Å². The lowest BCUT2D eigenvalue weighted by molar-refractivity contribution is 0.320. The van der Waals surface area contributed by atoms with E-state index in [-0.39, 0.29) is 96.7 Å². The molecule has 0 bridgehead atoms. The molecular weight excluding hydrogens is 1910 g/mol. The van der Waals surface area contributed by atoms with Gasteiger partial charge in [-0.2, -0.15) is 0 Å². The second kappa shape index (κ2) is 68.4. The van der Waals surface area contributed by atoms with Crippen molar-refractivity contribution in [2.24, 2.45) is 5.92 Å². The SMILES string of the molecule is C=CC(C)NC(C)(C)C.CC(C)(C)NC1CC1.CC(C)C(C)NC(C)(C)C.CC(NC(C)(C)C)c1ccc(Cl)c(Cl)c1.CC(NC(C)(C)C)c1ccccc1.CC(NC(C)(C)C)c1ccccc1.CCC(C)NC(C)(C)C.Cc1ccc(C(C)NC(C)(C)C)c(Cl)c1.Cc1ccc(C(C)NC(C)(C)C)c(F)c1.Cc1ccc(C(C)NC(C)(C)C)cc1.Cc1ccc(C(C)NC(C)(C)C)cc1.Cc1ccc(C(C)NC(C)(C)C)cc1F. The van der Waals surface area contributed by atoms with Crippen LogP contribution in [0.1, 0.15) is 486 Å². The minimum atomic E-state index is -0.130. The molecule has 9 rings (SSSR count). The van der Waals surface area contributed by atoms with E-state index >= 15 is 0 Å². The van der Waals surface area contributed by atoms with Crippen LogP contribution in [0.5, 0.6) is 0 Å². The average molecular weight is 2140 g/mol. The van der Waals surface area contributed by atoms with Crippen LogP contribution in [-0.2, 0) is 0 Å². The molecule has 856 valence electrons. The molecule has 1 saturated carbocycles. The second-order valence-electron chi connectivity index (χ2n) is 54.5. The third-order valence-corrected chi connectivity index (χ3v) is 23.6. The van der Waals surface area contributed by atoms with Crippen LogP contribution in [-0.4, -0.2) is 90.6 Å². The van der Waals surface area contributed by atoms with Gasteiger partial charge in [0.2, 0.25) is 0 Å². The first-order chi connectivity index (χ1) is 67.7. The van der Waals surface area contributed by atoms with Crippen molar-refractivity contribution in [2.45, 2.75) is 539 Å². The van der Waals surface area contributed by atoms with Gasteiger partial charge in [0.05, 0.1) is 10.0 Å². The highest BCUT2D eigenvalue weighted by Gasteiger charge is 2.28. The van der Waals surface area contributed by atoms with Crippen LogP contribution in [0.2, 0.25) is 15.1 Å². The third-order valence-electron chi connectivity index (χ3n) is 22.5. The lowest BCUT2D eigenvalue weighted by Gasteiger charge is -2.28. The summed E-state index contributed by atoms with van der Waals surface area (Å²) in [5, 5.41) is 43.8. The zero-order valence-electron chi connectivity index (χ0n) is 106. The van der Waals surface area contributed by atoms with Gasteiger partial charge >= 0.3 is 0 Å². The minimum absolute atomic E-state index is 0.00323. The number of halogens is 5. The second-order valence-corrected chi connectivity index (χ2v) is 55.7. The van der Waals surface area contributed by atoms with E-state index in [1.54, 1.807) is 19.1 Å². The van der Waals surface area contributed by atoms with Crippen LogP contribution < -0.4 is 63.8 Å². The van der Waals surface area contributed by atoms with E-state index in [0.29, 0.717) is 63.4 Å². The summed E-state index contributed by atoms with van der Waals surface area (Å²) in [6, 6.07) is 66.1. The first-order valence-electron chi connectivity index (χ1n) is 55.6. The van der Waals surface area contributed by atoms with Crippen LogP contribution in [0, 0.1) is 52.2 Å². The van der Waals surface area contributed by atoms with E-state index in [0.717, 1.165) is 44.8 Å². The van der Waals surface area contributed by atoms with E-state index in [1.807, 2.05) is 80.6 Å². The molecule has 0 aliphatic heterocycles. The molecule has 150 heavy (non-hydrogen) atoms. The molecule has 1 aliphatic carbocycles. The van der Waals surface area contributed by atoms with Gasteiger partial charge in [-0.3, -0.25) is 0 Å². The minimum Gasteiger partial charge on any atom is -0.310 e. The molecule has 12 nitrogen and oxygen atoms in total.